The Kier molecular flexibility index (Phi) is 6.27. The normalized spacial score (nSPS) is 13.5. The van der Waals surface area contributed by atoms with Gasteiger partial charge in [-0.3, -0.25) is 4.98 Å². The van der Waals surface area contributed by atoms with Gasteiger partial charge in [0.05, 0.1) is 34.5 Å². The van der Waals surface area contributed by atoms with Crippen molar-refractivity contribution in [3.8, 4) is 11.1 Å². The lowest BCUT2D eigenvalue weighted by atomic mass is 9.36. The lowest BCUT2D eigenvalue weighted by Gasteiger charge is -2.41. The third-order valence-corrected chi connectivity index (χ3v) is 12.5. The standard InChI is InChI=1S/C43H32BN3S2/c1-43(2,3)29-22-20-27(21-23-29)28-12-11-15-31(24-28)47-35-26-45-25-34-39(35)44(38-32-16-7-9-18-36(32)49-42(38)47)41-40(33-17-8-10-19-37(33)48-41)46(34)30-13-5-4-6-14-30/h4-26H,1-3H3. The molecule has 0 unspecified atom stereocenters. The van der Waals surface area contributed by atoms with Gasteiger partial charge >= 0.3 is 0 Å². The number of fused-ring (bicyclic) bond motifs is 8. The van der Waals surface area contributed by atoms with Gasteiger partial charge in [0.25, 0.3) is 6.71 Å². The van der Waals surface area contributed by atoms with E-state index >= 15 is 0 Å². The average Bonchev–Trinajstić information content (AvgIpc) is 3.71. The van der Waals surface area contributed by atoms with Crippen molar-refractivity contribution in [3.63, 3.8) is 0 Å². The molecule has 0 fully saturated rings. The van der Waals surface area contributed by atoms with Gasteiger partial charge in [-0.15, -0.1) is 22.7 Å². The Morgan fingerprint density at radius 1 is 0.571 bits per heavy atom. The molecule has 2 aliphatic rings. The number of aromatic nitrogens is 1. The number of pyridine rings is 1. The van der Waals surface area contributed by atoms with Crippen molar-refractivity contribution in [1.82, 2.24) is 4.98 Å². The maximum atomic E-state index is 4.99. The highest BCUT2D eigenvalue weighted by Gasteiger charge is 2.47. The Hall–Kier alpha value is -5.17. The van der Waals surface area contributed by atoms with Crippen LogP contribution in [0.4, 0.5) is 33.4 Å². The fraction of sp³-hybridized carbons (Fsp3) is 0.0930. The second-order valence-electron chi connectivity index (χ2n) is 14.0. The Bertz CT molecular complexity index is 2560. The number of hydrogen-bond donors (Lipinski definition) is 0. The van der Waals surface area contributed by atoms with E-state index in [2.05, 4.69) is 170 Å². The first-order valence-electron chi connectivity index (χ1n) is 16.8. The molecule has 0 radical (unpaired) electrons. The SMILES string of the molecule is CC(C)(C)c1ccc(-c2cccc(N3c4cncc5c4B(c4sc6ccccc6c4N5c4ccccc4)c4c3sc3ccccc43)c2)cc1. The highest BCUT2D eigenvalue weighted by Crippen LogP contribution is 2.49. The lowest BCUT2D eigenvalue weighted by Crippen LogP contribution is -2.60. The van der Waals surface area contributed by atoms with Crippen LogP contribution in [0.15, 0.2) is 140 Å². The molecule has 0 amide bonds. The summed E-state index contributed by atoms with van der Waals surface area (Å²) < 4.78 is 4.01. The highest BCUT2D eigenvalue weighted by atomic mass is 32.1. The molecule has 234 valence electrons. The molecule has 3 aromatic heterocycles. The van der Waals surface area contributed by atoms with E-state index in [4.69, 9.17) is 4.98 Å². The quantitative estimate of drug-likeness (QED) is 0.175. The van der Waals surface area contributed by atoms with E-state index < -0.39 is 0 Å². The van der Waals surface area contributed by atoms with Crippen LogP contribution < -0.4 is 25.5 Å². The molecular formula is C43H32BN3S2. The summed E-state index contributed by atoms with van der Waals surface area (Å²) in [5.74, 6) is 0. The Morgan fingerprint density at radius 3 is 1.98 bits per heavy atom. The fourth-order valence-electron chi connectivity index (χ4n) is 7.80. The van der Waals surface area contributed by atoms with Crippen molar-refractivity contribution in [3.05, 3.63) is 145 Å². The summed E-state index contributed by atoms with van der Waals surface area (Å²) in [7, 11) is 0. The molecule has 2 aliphatic heterocycles. The van der Waals surface area contributed by atoms with Crippen LogP contribution in [-0.4, -0.2) is 11.7 Å². The largest absolute Gasteiger partial charge is 0.308 e. The van der Waals surface area contributed by atoms with Gasteiger partial charge in [0.15, 0.2) is 0 Å². The van der Waals surface area contributed by atoms with Crippen molar-refractivity contribution in [2.24, 2.45) is 0 Å². The van der Waals surface area contributed by atoms with Crippen LogP contribution >= 0.6 is 22.7 Å². The molecule has 8 aromatic rings. The molecule has 3 nitrogen and oxygen atoms in total. The van der Waals surface area contributed by atoms with Crippen molar-refractivity contribution < 1.29 is 0 Å². The minimum atomic E-state index is 0.0934. The molecule has 0 aliphatic carbocycles. The van der Waals surface area contributed by atoms with E-state index in [0.29, 0.717) is 0 Å². The van der Waals surface area contributed by atoms with Crippen LogP contribution in [0.5, 0.6) is 0 Å². The molecule has 5 aromatic carbocycles. The number of nitrogens with zero attached hydrogens (tertiary/aromatic N) is 3. The van der Waals surface area contributed by atoms with E-state index in [1.165, 1.54) is 63.3 Å². The summed E-state index contributed by atoms with van der Waals surface area (Å²) in [4.78, 5) is 9.93. The molecule has 0 saturated carbocycles. The number of hydrogen-bond acceptors (Lipinski definition) is 5. The maximum absolute atomic E-state index is 4.99. The van der Waals surface area contributed by atoms with Crippen molar-refractivity contribution >= 4 is 98.7 Å². The van der Waals surface area contributed by atoms with Gasteiger partial charge in [0.2, 0.25) is 0 Å². The van der Waals surface area contributed by atoms with Gasteiger partial charge in [-0.25, -0.2) is 0 Å². The zero-order chi connectivity index (χ0) is 32.9. The average molecular weight is 666 g/mol. The van der Waals surface area contributed by atoms with Gasteiger partial charge in [-0.1, -0.05) is 112 Å². The Balaban J connectivity index is 1.25. The molecule has 0 bridgehead atoms. The third-order valence-electron chi connectivity index (χ3n) is 10.1. The summed E-state index contributed by atoms with van der Waals surface area (Å²) in [5.41, 5.74) is 12.4. The summed E-state index contributed by atoms with van der Waals surface area (Å²) >= 11 is 3.83. The van der Waals surface area contributed by atoms with Crippen molar-refractivity contribution in [2.75, 3.05) is 9.80 Å². The minimum Gasteiger partial charge on any atom is -0.308 e. The third kappa shape index (κ3) is 4.30. The molecule has 0 N–H and O–H groups in total. The van der Waals surface area contributed by atoms with Crippen LogP contribution in [0.2, 0.25) is 0 Å². The van der Waals surface area contributed by atoms with E-state index in [9.17, 15) is 0 Å². The van der Waals surface area contributed by atoms with E-state index in [1.54, 1.807) is 0 Å². The van der Waals surface area contributed by atoms with Gasteiger partial charge in [0, 0.05) is 30.9 Å². The van der Waals surface area contributed by atoms with Crippen LogP contribution in [0.25, 0.3) is 31.3 Å². The summed E-state index contributed by atoms with van der Waals surface area (Å²) in [5, 5.41) is 3.89. The number of para-hydroxylation sites is 1. The van der Waals surface area contributed by atoms with Crippen molar-refractivity contribution in [2.45, 2.75) is 26.2 Å². The highest BCUT2D eigenvalue weighted by molar-refractivity contribution is 7.35. The second-order valence-corrected chi connectivity index (χ2v) is 16.2. The first-order valence-corrected chi connectivity index (χ1v) is 18.5. The first-order chi connectivity index (χ1) is 24.0. The van der Waals surface area contributed by atoms with E-state index in [0.717, 1.165) is 22.7 Å². The summed E-state index contributed by atoms with van der Waals surface area (Å²) in [6, 6.07) is 46.7. The van der Waals surface area contributed by atoms with Gasteiger partial charge in [-0.05, 0) is 74.8 Å². The van der Waals surface area contributed by atoms with E-state index in [-0.39, 0.29) is 12.1 Å². The van der Waals surface area contributed by atoms with Gasteiger partial charge < -0.3 is 9.80 Å². The van der Waals surface area contributed by atoms with Crippen molar-refractivity contribution in [1.29, 1.82) is 0 Å². The van der Waals surface area contributed by atoms with Crippen LogP contribution in [-0.2, 0) is 5.41 Å². The number of thiophene rings is 2. The first kappa shape index (κ1) is 28.8. The predicted molar refractivity (Wildman–Crippen MR) is 213 cm³/mol. The Morgan fingerprint density at radius 2 is 1.22 bits per heavy atom. The smallest absolute Gasteiger partial charge is 0.266 e. The Labute approximate surface area is 294 Å². The number of anilines is 6. The lowest BCUT2D eigenvalue weighted by molar-refractivity contribution is 0.590. The summed E-state index contributed by atoms with van der Waals surface area (Å²) in [6.45, 7) is 6.90. The second kappa shape index (κ2) is 10.7. The summed E-state index contributed by atoms with van der Waals surface area (Å²) in [6.07, 6.45) is 4.17. The molecule has 0 atom stereocenters. The number of rotatable bonds is 3. The molecule has 5 heterocycles. The molecule has 0 spiro atoms. The van der Waals surface area contributed by atoms with Gasteiger partial charge in [0.1, 0.15) is 0 Å². The van der Waals surface area contributed by atoms with Crippen LogP contribution in [0.1, 0.15) is 26.3 Å². The molecular weight excluding hydrogens is 633 g/mol. The molecule has 49 heavy (non-hydrogen) atoms. The molecule has 6 heteroatoms. The maximum Gasteiger partial charge on any atom is 0.266 e. The topological polar surface area (TPSA) is 19.4 Å². The number of benzene rings is 5. The predicted octanol–water partition coefficient (Wildman–Crippen LogP) is 10.6. The van der Waals surface area contributed by atoms with Crippen LogP contribution in [0, 0.1) is 0 Å². The zero-order valence-electron chi connectivity index (χ0n) is 27.5. The monoisotopic (exact) mass is 665 g/mol. The molecule has 0 saturated heterocycles. The minimum absolute atomic E-state index is 0.0934. The van der Waals surface area contributed by atoms with Crippen LogP contribution in [0.3, 0.4) is 0 Å². The zero-order valence-corrected chi connectivity index (χ0v) is 29.1. The van der Waals surface area contributed by atoms with E-state index in [1.807, 2.05) is 22.7 Å². The molecule has 10 rings (SSSR count). The van der Waals surface area contributed by atoms with Gasteiger partial charge in [-0.2, -0.15) is 0 Å². The fourth-order valence-corrected chi connectivity index (χ4v) is 10.4.